The Bertz CT molecular complexity index is 1440. The largest absolute Gasteiger partial charge is 0.462 e. The highest BCUT2D eigenvalue weighted by Gasteiger charge is 2.44. The summed E-state index contributed by atoms with van der Waals surface area (Å²) in [5.74, 6) is -1.59. The van der Waals surface area contributed by atoms with Gasteiger partial charge in [-0.05, 0) is 105 Å². The van der Waals surface area contributed by atoms with Gasteiger partial charge in [0.15, 0.2) is 5.11 Å². The molecule has 1 aliphatic heterocycles. The summed E-state index contributed by atoms with van der Waals surface area (Å²) in [6.45, 7) is 6.48. The SMILES string of the molecule is CCOC(=O)c1ccc(NC(=O)C[C@H]2C(=O)N(c3ccc(C(=O)OCC)cc3)C(=S)N2CCc2sccc2C)cc1. The monoisotopic (exact) mass is 593 g/mol. The van der Waals surface area contributed by atoms with Crippen LogP contribution in [-0.2, 0) is 25.5 Å². The molecule has 41 heavy (non-hydrogen) atoms. The van der Waals surface area contributed by atoms with Gasteiger partial charge >= 0.3 is 11.9 Å². The second-order valence-electron chi connectivity index (χ2n) is 9.26. The van der Waals surface area contributed by atoms with Gasteiger partial charge in [0.2, 0.25) is 5.91 Å². The molecule has 3 aromatic rings. The number of benzene rings is 2. The second-order valence-corrected chi connectivity index (χ2v) is 10.6. The van der Waals surface area contributed by atoms with Gasteiger partial charge in [-0.3, -0.25) is 14.5 Å². The fourth-order valence-electron chi connectivity index (χ4n) is 4.46. The maximum atomic E-state index is 13.7. The summed E-state index contributed by atoms with van der Waals surface area (Å²) < 4.78 is 10.0. The number of amides is 2. The average molecular weight is 594 g/mol. The van der Waals surface area contributed by atoms with Crippen LogP contribution in [-0.4, -0.2) is 59.6 Å². The van der Waals surface area contributed by atoms with Crippen LogP contribution in [0.1, 0.15) is 51.4 Å². The predicted octanol–water partition coefficient (Wildman–Crippen LogP) is 4.98. The van der Waals surface area contributed by atoms with Gasteiger partial charge in [0, 0.05) is 17.1 Å². The van der Waals surface area contributed by atoms with Crippen molar-refractivity contribution in [3.8, 4) is 0 Å². The van der Waals surface area contributed by atoms with Crippen molar-refractivity contribution in [2.45, 2.75) is 39.7 Å². The zero-order valence-electron chi connectivity index (χ0n) is 23.0. The van der Waals surface area contributed by atoms with Crippen molar-refractivity contribution < 1.29 is 28.7 Å². The van der Waals surface area contributed by atoms with E-state index in [0.717, 1.165) is 0 Å². The Hall–Kier alpha value is -4.09. The number of thiocarbonyl (C=S) groups is 1. The summed E-state index contributed by atoms with van der Waals surface area (Å²) in [5, 5.41) is 5.12. The number of nitrogens with zero attached hydrogens (tertiary/aromatic N) is 2. The van der Waals surface area contributed by atoms with Crippen LogP contribution >= 0.6 is 23.6 Å². The Morgan fingerprint density at radius 1 is 0.927 bits per heavy atom. The van der Waals surface area contributed by atoms with Crippen LogP contribution < -0.4 is 10.2 Å². The van der Waals surface area contributed by atoms with Crippen molar-refractivity contribution >= 4 is 63.8 Å². The molecule has 1 saturated heterocycles. The molecule has 1 atom stereocenters. The number of esters is 2. The van der Waals surface area contributed by atoms with Crippen LogP contribution in [0, 0.1) is 6.92 Å². The van der Waals surface area contributed by atoms with E-state index in [0.29, 0.717) is 40.6 Å². The van der Waals surface area contributed by atoms with E-state index < -0.39 is 18.0 Å². The number of nitrogens with one attached hydrogen (secondary N) is 1. The van der Waals surface area contributed by atoms with E-state index in [2.05, 4.69) is 5.32 Å². The molecule has 0 unspecified atom stereocenters. The number of ether oxygens (including phenoxy) is 2. The average Bonchev–Trinajstić information content (AvgIpc) is 3.47. The molecule has 9 nitrogen and oxygen atoms in total. The van der Waals surface area contributed by atoms with E-state index in [1.54, 1.807) is 78.6 Å². The molecule has 2 amide bonds. The molecule has 11 heteroatoms. The highest BCUT2D eigenvalue weighted by atomic mass is 32.1. The first-order valence-electron chi connectivity index (χ1n) is 13.2. The number of thiophene rings is 1. The van der Waals surface area contributed by atoms with Crippen LogP contribution in [0.4, 0.5) is 11.4 Å². The summed E-state index contributed by atoms with van der Waals surface area (Å²) >= 11 is 7.40. The van der Waals surface area contributed by atoms with E-state index in [1.807, 2.05) is 18.4 Å². The van der Waals surface area contributed by atoms with E-state index >= 15 is 0 Å². The number of anilines is 2. The number of hydrogen-bond acceptors (Lipinski definition) is 8. The van der Waals surface area contributed by atoms with Gasteiger partial charge in [0.25, 0.3) is 5.91 Å². The molecule has 0 aliphatic carbocycles. The first kappa shape index (κ1) is 29.9. The maximum Gasteiger partial charge on any atom is 0.338 e. The summed E-state index contributed by atoms with van der Waals surface area (Å²) in [7, 11) is 0. The zero-order chi connectivity index (χ0) is 29.5. The van der Waals surface area contributed by atoms with Gasteiger partial charge in [0.1, 0.15) is 6.04 Å². The lowest BCUT2D eigenvalue weighted by molar-refractivity contribution is -0.124. The lowest BCUT2D eigenvalue weighted by Crippen LogP contribution is -2.39. The van der Waals surface area contributed by atoms with Gasteiger partial charge in [-0.25, -0.2) is 9.59 Å². The fourth-order valence-corrected chi connectivity index (χ4v) is 5.77. The van der Waals surface area contributed by atoms with Crippen LogP contribution in [0.25, 0.3) is 0 Å². The van der Waals surface area contributed by atoms with Gasteiger partial charge < -0.3 is 19.7 Å². The molecule has 0 bridgehead atoms. The first-order chi connectivity index (χ1) is 19.7. The van der Waals surface area contributed by atoms with Crippen LogP contribution in [0.2, 0.25) is 0 Å². The third-order valence-corrected chi connectivity index (χ3v) is 8.06. The van der Waals surface area contributed by atoms with Crippen LogP contribution in [0.3, 0.4) is 0 Å². The van der Waals surface area contributed by atoms with E-state index in [-0.39, 0.29) is 31.4 Å². The minimum Gasteiger partial charge on any atom is -0.462 e. The molecule has 2 aromatic carbocycles. The molecule has 4 rings (SSSR count). The molecule has 1 fully saturated rings. The van der Waals surface area contributed by atoms with Crippen molar-refractivity contribution in [1.29, 1.82) is 0 Å². The topological polar surface area (TPSA) is 105 Å². The van der Waals surface area contributed by atoms with Gasteiger partial charge in [-0.2, -0.15) is 0 Å². The summed E-state index contributed by atoms with van der Waals surface area (Å²) in [5.41, 5.74) is 2.90. The lowest BCUT2D eigenvalue weighted by atomic mass is 10.1. The zero-order valence-corrected chi connectivity index (χ0v) is 24.7. The quantitative estimate of drug-likeness (QED) is 0.245. The predicted molar refractivity (Wildman–Crippen MR) is 161 cm³/mol. The number of aryl methyl sites for hydroxylation is 1. The standard InChI is InChI=1S/C30H31N3O6S2/c1-4-38-28(36)20-6-10-22(11-7-20)31-26(34)18-24-27(35)33(23-12-8-21(9-13-23)29(37)39-5-2)30(40)32(24)16-14-25-19(3)15-17-41-25/h6-13,15,17,24H,4-5,14,16,18H2,1-3H3,(H,31,34)/t24-/m0/s1. The molecule has 0 radical (unpaired) electrons. The van der Waals surface area contributed by atoms with Crippen molar-refractivity contribution in [3.05, 3.63) is 81.5 Å². The minimum absolute atomic E-state index is 0.126. The second kappa shape index (κ2) is 13.5. The Kier molecular flexibility index (Phi) is 9.85. The molecular weight excluding hydrogens is 562 g/mol. The van der Waals surface area contributed by atoms with Crippen molar-refractivity contribution in [2.24, 2.45) is 0 Å². The van der Waals surface area contributed by atoms with E-state index in [1.165, 1.54) is 15.3 Å². The van der Waals surface area contributed by atoms with Crippen molar-refractivity contribution in [2.75, 3.05) is 30.0 Å². The fraction of sp³-hybridized carbons (Fsp3) is 0.300. The summed E-state index contributed by atoms with van der Waals surface area (Å²) in [6, 6.07) is 14.1. The van der Waals surface area contributed by atoms with Crippen LogP contribution in [0.15, 0.2) is 60.0 Å². The molecular formula is C30H31N3O6S2. The normalized spacial score (nSPS) is 14.8. The van der Waals surface area contributed by atoms with Gasteiger partial charge in [0.05, 0.1) is 36.4 Å². The Morgan fingerprint density at radius 3 is 2.05 bits per heavy atom. The van der Waals surface area contributed by atoms with E-state index in [9.17, 15) is 19.2 Å². The number of carbonyl (C=O) groups is 4. The highest BCUT2D eigenvalue weighted by Crippen LogP contribution is 2.29. The molecule has 214 valence electrons. The van der Waals surface area contributed by atoms with Gasteiger partial charge in [-0.15, -0.1) is 11.3 Å². The van der Waals surface area contributed by atoms with Crippen LogP contribution in [0.5, 0.6) is 0 Å². The molecule has 2 heterocycles. The third kappa shape index (κ3) is 6.98. The number of carbonyl (C=O) groups excluding carboxylic acids is 4. The Balaban J connectivity index is 1.52. The summed E-state index contributed by atoms with van der Waals surface area (Å²) in [4.78, 5) is 55.2. The minimum atomic E-state index is -0.814. The molecule has 0 spiro atoms. The molecule has 1 N–H and O–H groups in total. The third-order valence-electron chi connectivity index (χ3n) is 6.56. The number of hydrogen-bond donors (Lipinski definition) is 1. The molecule has 0 saturated carbocycles. The maximum absolute atomic E-state index is 13.7. The smallest absolute Gasteiger partial charge is 0.338 e. The van der Waals surface area contributed by atoms with Crippen molar-refractivity contribution in [3.63, 3.8) is 0 Å². The molecule has 1 aliphatic rings. The Morgan fingerprint density at radius 2 is 1.51 bits per heavy atom. The number of rotatable bonds is 11. The highest BCUT2D eigenvalue weighted by molar-refractivity contribution is 7.80. The van der Waals surface area contributed by atoms with E-state index in [4.69, 9.17) is 21.7 Å². The van der Waals surface area contributed by atoms with Gasteiger partial charge in [-0.1, -0.05) is 0 Å². The summed E-state index contributed by atoms with van der Waals surface area (Å²) in [6.07, 6.45) is 0.541. The Labute approximate surface area is 248 Å². The van der Waals surface area contributed by atoms with Crippen molar-refractivity contribution in [1.82, 2.24) is 4.90 Å². The molecule has 1 aromatic heterocycles. The lowest BCUT2D eigenvalue weighted by Gasteiger charge is -2.24. The first-order valence-corrected chi connectivity index (χ1v) is 14.5.